The van der Waals surface area contributed by atoms with E-state index >= 15 is 0 Å². The predicted octanol–water partition coefficient (Wildman–Crippen LogP) is 0.273. The Morgan fingerprint density at radius 1 is 1.23 bits per heavy atom. The van der Waals surface area contributed by atoms with Gasteiger partial charge in [0.15, 0.2) is 0 Å². The second kappa shape index (κ2) is 6.63. The lowest BCUT2D eigenvalue weighted by Crippen LogP contribution is -2.43. The average Bonchev–Trinajstić information content (AvgIpc) is 2.55. The summed E-state index contributed by atoms with van der Waals surface area (Å²) in [7, 11) is 0. The van der Waals surface area contributed by atoms with Gasteiger partial charge in [-0.2, -0.15) is 4.98 Å². The van der Waals surface area contributed by atoms with Crippen LogP contribution in [-0.4, -0.2) is 27.8 Å². The molecule has 11 heteroatoms. The number of aromatic amines is 1. The van der Waals surface area contributed by atoms with Crippen LogP contribution in [0.3, 0.4) is 0 Å². The van der Waals surface area contributed by atoms with Crippen molar-refractivity contribution >= 4 is 35.3 Å². The molecule has 10 nitrogen and oxygen atoms in total. The molecule has 1 atom stereocenters. The van der Waals surface area contributed by atoms with Crippen molar-refractivity contribution in [3.05, 3.63) is 46.0 Å². The van der Waals surface area contributed by atoms with E-state index < -0.39 is 35.1 Å². The number of primary amides is 1. The fraction of sp³-hybridized carbons (Fsp3) is 0.133. The summed E-state index contributed by atoms with van der Waals surface area (Å²) in [6, 6.07) is 4.18. The van der Waals surface area contributed by atoms with E-state index in [9.17, 15) is 23.6 Å². The lowest BCUT2D eigenvalue weighted by Gasteiger charge is -2.23. The van der Waals surface area contributed by atoms with Gasteiger partial charge in [0, 0.05) is 12.1 Å². The van der Waals surface area contributed by atoms with Gasteiger partial charge in [-0.25, -0.2) is 9.18 Å². The molecule has 0 saturated heterocycles. The molecule has 1 aromatic heterocycles. The Morgan fingerprint density at radius 3 is 2.58 bits per heavy atom. The summed E-state index contributed by atoms with van der Waals surface area (Å²) < 4.78 is 12.9. The first-order valence-electron chi connectivity index (χ1n) is 7.40. The second-order valence-corrected chi connectivity index (χ2v) is 5.47. The van der Waals surface area contributed by atoms with E-state index in [1.807, 2.05) is 5.32 Å². The van der Waals surface area contributed by atoms with Crippen LogP contribution in [0.2, 0.25) is 0 Å². The van der Waals surface area contributed by atoms with Gasteiger partial charge in [-0.05, 0) is 24.3 Å². The van der Waals surface area contributed by atoms with Gasteiger partial charge in [0.2, 0.25) is 17.8 Å². The molecule has 6 N–H and O–H groups in total. The SMILES string of the molecule is NC(=O)NC(=O)C1CC(=O)Nc2nc(Nc3ccc(F)cc3)[nH]c(=O)c21. The summed E-state index contributed by atoms with van der Waals surface area (Å²) >= 11 is 0. The fourth-order valence-electron chi connectivity index (χ4n) is 2.53. The Hall–Kier alpha value is -3.76. The number of H-pyrrole nitrogens is 1. The number of carbonyl (C=O) groups excluding carboxylic acids is 3. The van der Waals surface area contributed by atoms with Crippen molar-refractivity contribution < 1.29 is 18.8 Å². The van der Waals surface area contributed by atoms with Gasteiger partial charge in [-0.1, -0.05) is 0 Å². The van der Waals surface area contributed by atoms with Gasteiger partial charge in [0.25, 0.3) is 5.56 Å². The molecule has 1 aliphatic heterocycles. The number of nitrogens with zero attached hydrogens (tertiary/aromatic N) is 1. The van der Waals surface area contributed by atoms with Crippen LogP contribution in [0.1, 0.15) is 17.9 Å². The summed E-state index contributed by atoms with van der Waals surface area (Å²) in [5.41, 5.74) is 4.58. The summed E-state index contributed by atoms with van der Waals surface area (Å²) in [6.07, 6.45) is -0.332. The summed E-state index contributed by atoms with van der Waals surface area (Å²) in [5, 5.41) is 7.01. The Morgan fingerprint density at radius 2 is 1.92 bits per heavy atom. The van der Waals surface area contributed by atoms with E-state index in [0.29, 0.717) is 5.69 Å². The Bertz CT molecular complexity index is 956. The predicted molar refractivity (Wildman–Crippen MR) is 88.3 cm³/mol. The molecule has 0 spiro atoms. The topological polar surface area (TPSA) is 159 Å². The van der Waals surface area contributed by atoms with Gasteiger partial charge in [0.1, 0.15) is 11.6 Å². The zero-order chi connectivity index (χ0) is 18.8. The minimum absolute atomic E-state index is 0.0170. The first-order chi connectivity index (χ1) is 12.3. The highest BCUT2D eigenvalue weighted by atomic mass is 19.1. The van der Waals surface area contributed by atoms with E-state index in [0.717, 1.165) is 0 Å². The highest BCUT2D eigenvalue weighted by Gasteiger charge is 2.35. The van der Waals surface area contributed by atoms with Crippen LogP contribution in [0.4, 0.5) is 26.6 Å². The van der Waals surface area contributed by atoms with Crippen molar-refractivity contribution in [2.75, 3.05) is 10.6 Å². The standard InChI is InChI=1S/C15H13FN6O4/c16-6-1-3-7(4-2-6)18-15-20-11-10(13(25)22-15)8(5-9(23)19-11)12(24)21-14(17)26/h1-4,8H,5H2,(H3,17,21,24,26)(H3,18,19,20,22,23,25). The molecular weight excluding hydrogens is 347 g/mol. The molecule has 4 amide bonds. The third-order valence-corrected chi connectivity index (χ3v) is 3.62. The molecule has 0 bridgehead atoms. The van der Waals surface area contributed by atoms with Crippen molar-refractivity contribution in [3.8, 4) is 0 Å². The number of carbonyl (C=O) groups is 3. The summed E-state index contributed by atoms with van der Waals surface area (Å²) in [4.78, 5) is 53.6. The zero-order valence-electron chi connectivity index (χ0n) is 13.1. The number of anilines is 3. The number of fused-ring (bicyclic) bond motifs is 1. The maximum Gasteiger partial charge on any atom is 0.318 e. The smallest absolute Gasteiger partial charge is 0.318 e. The molecule has 1 aliphatic rings. The molecule has 2 heterocycles. The first kappa shape index (κ1) is 17.1. The lowest BCUT2D eigenvalue weighted by atomic mass is 9.92. The number of benzene rings is 1. The molecule has 3 rings (SSSR count). The van der Waals surface area contributed by atoms with E-state index in [-0.39, 0.29) is 23.8 Å². The number of halogens is 1. The monoisotopic (exact) mass is 360 g/mol. The maximum absolute atomic E-state index is 12.9. The van der Waals surface area contributed by atoms with Crippen molar-refractivity contribution in [1.82, 2.24) is 15.3 Å². The number of hydrogen-bond acceptors (Lipinski definition) is 6. The minimum Gasteiger partial charge on any atom is -0.351 e. The quantitative estimate of drug-likeness (QED) is 0.528. The molecule has 0 aliphatic carbocycles. The Kier molecular flexibility index (Phi) is 4.35. The van der Waals surface area contributed by atoms with Crippen LogP contribution in [0.5, 0.6) is 0 Å². The van der Waals surface area contributed by atoms with Crippen molar-refractivity contribution in [1.29, 1.82) is 0 Å². The van der Waals surface area contributed by atoms with Gasteiger partial charge in [0.05, 0.1) is 11.5 Å². The highest BCUT2D eigenvalue weighted by molar-refractivity contribution is 6.04. The Balaban J connectivity index is 1.96. The number of aromatic nitrogens is 2. The van der Waals surface area contributed by atoms with Crippen molar-refractivity contribution in [2.45, 2.75) is 12.3 Å². The number of nitrogens with two attached hydrogens (primary N) is 1. The van der Waals surface area contributed by atoms with Crippen LogP contribution < -0.4 is 27.2 Å². The summed E-state index contributed by atoms with van der Waals surface area (Å²) in [5.74, 6) is -3.19. The molecule has 1 unspecified atom stereocenters. The summed E-state index contributed by atoms with van der Waals surface area (Å²) in [6.45, 7) is 0. The van der Waals surface area contributed by atoms with E-state index in [1.165, 1.54) is 24.3 Å². The molecule has 0 radical (unpaired) electrons. The number of rotatable bonds is 3. The van der Waals surface area contributed by atoms with Crippen LogP contribution >= 0.6 is 0 Å². The number of amides is 4. The first-order valence-corrected chi connectivity index (χ1v) is 7.40. The fourth-order valence-corrected chi connectivity index (χ4v) is 2.53. The third kappa shape index (κ3) is 3.50. The van der Waals surface area contributed by atoms with E-state index in [2.05, 4.69) is 20.6 Å². The number of nitrogens with one attached hydrogen (secondary N) is 4. The second-order valence-electron chi connectivity index (χ2n) is 5.47. The maximum atomic E-state index is 12.9. The van der Waals surface area contributed by atoms with Crippen LogP contribution in [-0.2, 0) is 9.59 Å². The van der Waals surface area contributed by atoms with Crippen molar-refractivity contribution in [2.24, 2.45) is 5.73 Å². The zero-order valence-corrected chi connectivity index (χ0v) is 13.1. The van der Waals surface area contributed by atoms with E-state index in [4.69, 9.17) is 5.73 Å². The van der Waals surface area contributed by atoms with Gasteiger partial charge < -0.3 is 16.4 Å². The molecule has 0 fully saturated rings. The van der Waals surface area contributed by atoms with Gasteiger partial charge in [-0.15, -0.1) is 0 Å². The Labute approximate surface area is 145 Å². The molecule has 26 heavy (non-hydrogen) atoms. The van der Waals surface area contributed by atoms with E-state index in [1.54, 1.807) is 0 Å². The lowest BCUT2D eigenvalue weighted by molar-refractivity contribution is -0.125. The normalized spacial score (nSPS) is 15.6. The number of hydrogen-bond donors (Lipinski definition) is 5. The average molecular weight is 360 g/mol. The highest BCUT2D eigenvalue weighted by Crippen LogP contribution is 2.29. The van der Waals surface area contributed by atoms with Gasteiger partial charge >= 0.3 is 6.03 Å². The van der Waals surface area contributed by atoms with Crippen LogP contribution in [0.25, 0.3) is 0 Å². The molecule has 0 saturated carbocycles. The molecule has 134 valence electrons. The minimum atomic E-state index is -1.21. The van der Waals surface area contributed by atoms with Gasteiger partial charge in [-0.3, -0.25) is 24.7 Å². The molecule has 2 aromatic rings. The van der Waals surface area contributed by atoms with Crippen LogP contribution in [0.15, 0.2) is 29.1 Å². The molecule has 1 aromatic carbocycles. The largest absolute Gasteiger partial charge is 0.351 e. The number of urea groups is 1. The molecular formula is C15H13FN6O4. The van der Waals surface area contributed by atoms with Crippen molar-refractivity contribution in [3.63, 3.8) is 0 Å². The number of imide groups is 1. The third-order valence-electron chi connectivity index (χ3n) is 3.62. The van der Waals surface area contributed by atoms with Crippen LogP contribution in [0, 0.1) is 5.82 Å².